The SMILES string of the molecule is O=C(O)[C@]12C[C@H]3C=C[C@@H]1C32. The number of carboxylic acids is 1. The van der Waals surface area contributed by atoms with Gasteiger partial charge in [-0.1, -0.05) is 12.2 Å². The Morgan fingerprint density at radius 1 is 1.60 bits per heavy atom. The summed E-state index contributed by atoms with van der Waals surface area (Å²) in [5, 5.41) is 8.82. The molecular formula is C8H8O2. The number of hydrogen-bond acceptors (Lipinski definition) is 1. The lowest BCUT2D eigenvalue weighted by Gasteiger charge is -2.29. The van der Waals surface area contributed by atoms with Crippen molar-refractivity contribution in [2.24, 2.45) is 23.2 Å². The van der Waals surface area contributed by atoms with Crippen LogP contribution >= 0.6 is 0 Å². The Morgan fingerprint density at radius 3 is 2.70 bits per heavy atom. The third-order valence-corrected chi connectivity index (χ3v) is 3.47. The molecule has 3 aliphatic rings. The molecule has 0 heterocycles. The lowest BCUT2D eigenvalue weighted by Crippen LogP contribution is -2.33. The van der Waals surface area contributed by atoms with Crippen molar-refractivity contribution in [3.8, 4) is 0 Å². The van der Waals surface area contributed by atoms with Crippen LogP contribution in [0.25, 0.3) is 0 Å². The molecule has 0 aromatic rings. The maximum atomic E-state index is 10.7. The second kappa shape index (κ2) is 1.04. The highest BCUT2D eigenvalue weighted by atomic mass is 16.4. The van der Waals surface area contributed by atoms with Crippen LogP contribution in [-0.2, 0) is 4.79 Å². The van der Waals surface area contributed by atoms with Gasteiger partial charge >= 0.3 is 5.97 Å². The molecule has 3 aliphatic carbocycles. The van der Waals surface area contributed by atoms with Crippen molar-refractivity contribution in [2.75, 3.05) is 0 Å². The summed E-state index contributed by atoms with van der Waals surface area (Å²) in [6.45, 7) is 0. The fraction of sp³-hybridized carbons (Fsp3) is 0.625. The predicted octanol–water partition coefficient (Wildman–Crippen LogP) is 0.893. The average molecular weight is 136 g/mol. The predicted molar refractivity (Wildman–Crippen MR) is 34.3 cm³/mol. The zero-order valence-corrected chi connectivity index (χ0v) is 5.45. The fourth-order valence-electron chi connectivity index (χ4n) is 2.89. The lowest BCUT2D eigenvalue weighted by molar-refractivity contribution is -0.148. The van der Waals surface area contributed by atoms with Crippen LogP contribution in [0.15, 0.2) is 12.2 Å². The van der Waals surface area contributed by atoms with Gasteiger partial charge in [0, 0.05) is 0 Å². The Balaban J connectivity index is 2.04. The van der Waals surface area contributed by atoms with Gasteiger partial charge in [0.05, 0.1) is 5.41 Å². The Morgan fingerprint density at radius 2 is 2.40 bits per heavy atom. The van der Waals surface area contributed by atoms with Crippen LogP contribution in [-0.4, -0.2) is 11.1 Å². The monoisotopic (exact) mass is 136 g/mol. The van der Waals surface area contributed by atoms with Gasteiger partial charge < -0.3 is 5.11 Å². The van der Waals surface area contributed by atoms with Crippen molar-refractivity contribution < 1.29 is 9.90 Å². The van der Waals surface area contributed by atoms with Crippen LogP contribution in [0.1, 0.15) is 6.42 Å². The van der Waals surface area contributed by atoms with Crippen molar-refractivity contribution in [1.82, 2.24) is 0 Å². The van der Waals surface area contributed by atoms with Gasteiger partial charge in [-0.3, -0.25) is 4.79 Å². The van der Waals surface area contributed by atoms with Crippen LogP contribution in [0.3, 0.4) is 0 Å². The summed E-state index contributed by atoms with van der Waals surface area (Å²) in [5.41, 5.74) is -0.264. The number of aliphatic carboxylic acids is 1. The highest BCUT2D eigenvalue weighted by Crippen LogP contribution is 2.79. The molecule has 1 N–H and O–H groups in total. The molecule has 3 rings (SSSR count). The molecule has 4 atom stereocenters. The Labute approximate surface area is 58.5 Å². The van der Waals surface area contributed by atoms with E-state index in [2.05, 4.69) is 12.2 Å². The van der Waals surface area contributed by atoms with Gasteiger partial charge in [0.15, 0.2) is 0 Å². The lowest BCUT2D eigenvalue weighted by atomic mass is 9.74. The van der Waals surface area contributed by atoms with E-state index in [-0.39, 0.29) is 5.41 Å². The molecule has 0 radical (unpaired) electrons. The first-order chi connectivity index (χ1) is 4.77. The van der Waals surface area contributed by atoms with E-state index in [0.29, 0.717) is 17.8 Å². The molecule has 2 fully saturated rings. The van der Waals surface area contributed by atoms with Gasteiger partial charge in [0.2, 0.25) is 0 Å². The fourth-order valence-corrected chi connectivity index (χ4v) is 2.89. The van der Waals surface area contributed by atoms with E-state index in [1.165, 1.54) is 0 Å². The van der Waals surface area contributed by atoms with E-state index in [1.54, 1.807) is 0 Å². The van der Waals surface area contributed by atoms with Crippen molar-refractivity contribution in [2.45, 2.75) is 6.42 Å². The first kappa shape index (κ1) is 4.94. The number of hydrogen-bond donors (Lipinski definition) is 1. The minimum atomic E-state index is -0.567. The summed E-state index contributed by atoms with van der Waals surface area (Å²) < 4.78 is 0. The van der Waals surface area contributed by atoms with Crippen LogP contribution in [0, 0.1) is 23.2 Å². The van der Waals surface area contributed by atoms with Gasteiger partial charge in [0.1, 0.15) is 0 Å². The summed E-state index contributed by atoms with van der Waals surface area (Å²) in [5.74, 6) is 0.976. The van der Waals surface area contributed by atoms with Gasteiger partial charge in [-0.05, 0) is 24.2 Å². The van der Waals surface area contributed by atoms with Gasteiger partial charge in [-0.25, -0.2) is 0 Å². The standard InChI is InChI=1S/C8H8O2/c9-7(10)8-3-4-1-2-5(8)6(4)8/h1-2,4-6H,3H2,(H,9,10)/t4-,5-,6?,8-/m1/s1. The van der Waals surface area contributed by atoms with Crippen molar-refractivity contribution in [3.63, 3.8) is 0 Å². The van der Waals surface area contributed by atoms with E-state index in [1.807, 2.05) is 0 Å². The Bertz CT molecular complexity index is 256. The smallest absolute Gasteiger partial charge is 0.310 e. The summed E-state index contributed by atoms with van der Waals surface area (Å²) in [6.07, 6.45) is 5.18. The molecule has 0 spiro atoms. The third kappa shape index (κ3) is 0.252. The van der Waals surface area contributed by atoms with E-state index in [9.17, 15) is 4.79 Å². The van der Waals surface area contributed by atoms with Crippen molar-refractivity contribution >= 4 is 5.97 Å². The zero-order valence-electron chi connectivity index (χ0n) is 5.45. The maximum Gasteiger partial charge on any atom is 0.310 e. The Kier molecular flexibility index (Phi) is 0.516. The second-order valence-electron chi connectivity index (χ2n) is 3.65. The summed E-state index contributed by atoms with van der Waals surface area (Å²) in [6, 6.07) is 0. The molecule has 0 aromatic carbocycles. The van der Waals surface area contributed by atoms with Crippen LogP contribution in [0.4, 0.5) is 0 Å². The Hall–Kier alpha value is -0.790. The zero-order chi connectivity index (χ0) is 6.93. The first-order valence-electron chi connectivity index (χ1n) is 3.68. The minimum absolute atomic E-state index is 0.264. The highest BCUT2D eigenvalue weighted by molar-refractivity contribution is 5.83. The molecule has 0 saturated heterocycles. The molecule has 2 heteroatoms. The minimum Gasteiger partial charge on any atom is -0.481 e. The maximum absolute atomic E-state index is 10.7. The topological polar surface area (TPSA) is 37.3 Å². The normalized spacial score (nSPS) is 59.4. The van der Waals surface area contributed by atoms with Crippen LogP contribution in [0.5, 0.6) is 0 Å². The number of carboxylic acid groups (broad SMARTS) is 1. The molecule has 0 bridgehead atoms. The number of allylic oxidation sites excluding steroid dienone is 2. The van der Waals surface area contributed by atoms with Crippen LogP contribution in [0.2, 0.25) is 0 Å². The molecule has 0 aliphatic heterocycles. The molecular weight excluding hydrogens is 128 g/mol. The second-order valence-corrected chi connectivity index (χ2v) is 3.65. The van der Waals surface area contributed by atoms with Gasteiger partial charge in [-0.15, -0.1) is 0 Å². The number of carbonyl (C=O) groups is 1. The highest BCUT2D eigenvalue weighted by Gasteiger charge is 2.80. The molecule has 52 valence electrons. The van der Waals surface area contributed by atoms with Gasteiger partial charge in [0.25, 0.3) is 0 Å². The van der Waals surface area contributed by atoms with Crippen LogP contribution < -0.4 is 0 Å². The molecule has 0 amide bonds. The molecule has 10 heavy (non-hydrogen) atoms. The largest absolute Gasteiger partial charge is 0.481 e. The summed E-state index contributed by atoms with van der Waals surface area (Å²) in [7, 11) is 0. The molecule has 0 aromatic heterocycles. The molecule has 2 saturated carbocycles. The summed E-state index contributed by atoms with van der Waals surface area (Å²) in [4.78, 5) is 10.7. The van der Waals surface area contributed by atoms with E-state index < -0.39 is 5.97 Å². The number of fused-ring (bicyclic) bond motifs is 1. The third-order valence-electron chi connectivity index (χ3n) is 3.47. The first-order valence-corrected chi connectivity index (χ1v) is 3.68. The number of rotatable bonds is 1. The van der Waals surface area contributed by atoms with Gasteiger partial charge in [-0.2, -0.15) is 0 Å². The van der Waals surface area contributed by atoms with Crippen molar-refractivity contribution in [1.29, 1.82) is 0 Å². The molecule has 1 unspecified atom stereocenters. The van der Waals surface area contributed by atoms with E-state index >= 15 is 0 Å². The van der Waals surface area contributed by atoms with E-state index in [0.717, 1.165) is 6.42 Å². The quantitative estimate of drug-likeness (QED) is 0.543. The van der Waals surface area contributed by atoms with Crippen molar-refractivity contribution in [3.05, 3.63) is 12.2 Å². The average Bonchev–Trinajstić information content (AvgIpc) is 2.17. The summed E-state index contributed by atoms with van der Waals surface area (Å²) >= 11 is 0. The van der Waals surface area contributed by atoms with E-state index in [4.69, 9.17) is 5.11 Å². The molecule has 2 nitrogen and oxygen atoms in total.